The number of aromatic nitrogens is 2. The molecule has 0 fully saturated rings. The van der Waals surface area contributed by atoms with Crippen molar-refractivity contribution >= 4 is 34.8 Å². The number of hydrogen-bond acceptors (Lipinski definition) is 2. The van der Waals surface area contributed by atoms with E-state index in [4.69, 9.17) is 34.8 Å². The molecule has 1 aromatic heterocycles. The van der Waals surface area contributed by atoms with Crippen molar-refractivity contribution < 1.29 is 0 Å². The molecule has 0 saturated heterocycles. The molecular weight excluding hydrogens is 194 g/mol. The van der Waals surface area contributed by atoms with Crippen LogP contribution >= 0.6 is 34.8 Å². The second-order valence-corrected chi connectivity index (χ2v) is 3.91. The van der Waals surface area contributed by atoms with E-state index in [2.05, 4.69) is 9.97 Å². The van der Waals surface area contributed by atoms with E-state index in [9.17, 15) is 0 Å². The first-order valence-electron chi connectivity index (χ1n) is 2.43. The highest BCUT2D eigenvalue weighted by Crippen LogP contribution is 2.36. The van der Waals surface area contributed by atoms with Crippen molar-refractivity contribution in [1.29, 1.82) is 0 Å². The highest BCUT2D eigenvalue weighted by Gasteiger charge is 2.22. The Labute approximate surface area is 73.1 Å². The van der Waals surface area contributed by atoms with Gasteiger partial charge in [-0.15, -0.1) is 0 Å². The van der Waals surface area contributed by atoms with Gasteiger partial charge in [-0.1, -0.05) is 34.8 Å². The molecule has 2 nitrogen and oxygen atoms in total. The molecule has 0 N–H and O–H groups in total. The Bertz CT molecular complexity index is 206. The van der Waals surface area contributed by atoms with Crippen LogP contribution in [-0.4, -0.2) is 9.97 Å². The molecule has 1 aromatic rings. The monoisotopic (exact) mass is 196 g/mol. The molecule has 1 heterocycles. The van der Waals surface area contributed by atoms with Gasteiger partial charge in [0.15, 0.2) is 0 Å². The van der Waals surface area contributed by atoms with E-state index in [1.807, 2.05) is 0 Å². The molecule has 0 spiro atoms. The minimum atomic E-state index is -1.42. The minimum absolute atomic E-state index is 0.472. The maximum absolute atomic E-state index is 5.51. The van der Waals surface area contributed by atoms with Crippen molar-refractivity contribution in [2.75, 3.05) is 0 Å². The van der Waals surface area contributed by atoms with Crippen molar-refractivity contribution in [2.45, 2.75) is 3.79 Å². The highest BCUT2D eigenvalue weighted by molar-refractivity contribution is 6.66. The third-order valence-corrected chi connectivity index (χ3v) is 1.54. The number of halogens is 3. The van der Waals surface area contributed by atoms with Gasteiger partial charge in [-0.3, -0.25) is 0 Å². The fraction of sp³-hybridized carbons (Fsp3) is 0.200. The number of rotatable bonds is 0. The predicted octanol–water partition coefficient (Wildman–Crippen LogP) is 2.30. The van der Waals surface area contributed by atoms with Crippen molar-refractivity contribution in [3.8, 4) is 0 Å². The summed E-state index contributed by atoms with van der Waals surface area (Å²) < 4.78 is -1.42. The van der Waals surface area contributed by atoms with Crippen LogP contribution in [0.3, 0.4) is 0 Å². The normalized spacial score (nSPS) is 11.5. The lowest BCUT2D eigenvalue weighted by Crippen LogP contribution is -2.00. The van der Waals surface area contributed by atoms with Crippen LogP contribution in [0.15, 0.2) is 18.7 Å². The Hall–Kier alpha value is -0.0500. The smallest absolute Gasteiger partial charge is 0.218 e. The number of nitrogens with zero attached hydrogens (tertiary/aromatic N) is 2. The summed E-state index contributed by atoms with van der Waals surface area (Å²) in [5.41, 5.74) is 0.472. The van der Waals surface area contributed by atoms with Gasteiger partial charge in [0.2, 0.25) is 3.79 Å². The lowest BCUT2D eigenvalue weighted by molar-refractivity contribution is 1.08. The second kappa shape index (κ2) is 2.91. The lowest BCUT2D eigenvalue weighted by Gasteiger charge is -2.07. The largest absolute Gasteiger partial charge is 0.244 e. The topological polar surface area (TPSA) is 25.8 Å². The van der Waals surface area contributed by atoms with Crippen LogP contribution in [0.2, 0.25) is 0 Å². The van der Waals surface area contributed by atoms with E-state index in [-0.39, 0.29) is 0 Å². The summed E-state index contributed by atoms with van der Waals surface area (Å²) in [5.74, 6) is 0. The van der Waals surface area contributed by atoms with Gasteiger partial charge < -0.3 is 0 Å². The quantitative estimate of drug-likeness (QED) is 0.597. The molecule has 0 atom stereocenters. The van der Waals surface area contributed by atoms with Crippen LogP contribution in [0, 0.1) is 0 Å². The van der Waals surface area contributed by atoms with Gasteiger partial charge >= 0.3 is 0 Å². The third-order valence-electron chi connectivity index (χ3n) is 0.888. The lowest BCUT2D eigenvalue weighted by atomic mass is 10.4. The Morgan fingerprint density at radius 2 is 1.60 bits per heavy atom. The van der Waals surface area contributed by atoms with Crippen molar-refractivity contribution in [3.63, 3.8) is 0 Å². The van der Waals surface area contributed by atoms with E-state index in [0.29, 0.717) is 5.56 Å². The maximum atomic E-state index is 5.51. The van der Waals surface area contributed by atoms with E-state index in [1.165, 1.54) is 18.7 Å². The average molecular weight is 197 g/mol. The van der Waals surface area contributed by atoms with Gasteiger partial charge in [-0.05, 0) is 0 Å². The van der Waals surface area contributed by atoms with Gasteiger partial charge in [0, 0.05) is 18.0 Å². The van der Waals surface area contributed by atoms with Crippen molar-refractivity contribution in [3.05, 3.63) is 24.3 Å². The molecule has 5 heteroatoms. The second-order valence-electron chi connectivity index (χ2n) is 1.62. The molecule has 0 saturated carbocycles. The molecule has 0 radical (unpaired) electrons. The summed E-state index contributed by atoms with van der Waals surface area (Å²) in [6, 6.07) is 0. The van der Waals surface area contributed by atoms with Gasteiger partial charge in [0.1, 0.15) is 6.33 Å². The average Bonchev–Trinajstić information content (AvgIpc) is 1.88. The van der Waals surface area contributed by atoms with Crippen LogP contribution in [0.4, 0.5) is 0 Å². The van der Waals surface area contributed by atoms with Gasteiger partial charge in [0.05, 0.1) is 0 Å². The van der Waals surface area contributed by atoms with Crippen LogP contribution in [0.1, 0.15) is 5.56 Å². The van der Waals surface area contributed by atoms with Gasteiger partial charge in [0.25, 0.3) is 0 Å². The predicted molar refractivity (Wildman–Crippen MR) is 41.3 cm³/mol. The van der Waals surface area contributed by atoms with E-state index in [1.54, 1.807) is 0 Å². The van der Waals surface area contributed by atoms with Crippen LogP contribution in [-0.2, 0) is 3.79 Å². The molecule has 10 heavy (non-hydrogen) atoms. The zero-order valence-corrected chi connectivity index (χ0v) is 7.03. The van der Waals surface area contributed by atoms with E-state index >= 15 is 0 Å². The zero-order chi connectivity index (χ0) is 7.61. The first kappa shape index (κ1) is 8.05. The fourth-order valence-corrected chi connectivity index (χ4v) is 0.738. The van der Waals surface area contributed by atoms with Gasteiger partial charge in [-0.2, -0.15) is 0 Å². The third kappa shape index (κ3) is 1.97. The number of alkyl halides is 3. The Balaban J connectivity index is 2.97. The molecule has 0 aliphatic heterocycles. The Kier molecular flexibility index (Phi) is 2.34. The molecule has 0 aliphatic rings. The summed E-state index contributed by atoms with van der Waals surface area (Å²) in [5, 5.41) is 0. The van der Waals surface area contributed by atoms with Crippen LogP contribution in [0.25, 0.3) is 0 Å². The fourth-order valence-electron chi connectivity index (χ4n) is 0.445. The molecule has 0 aromatic carbocycles. The van der Waals surface area contributed by atoms with Crippen LogP contribution < -0.4 is 0 Å². The van der Waals surface area contributed by atoms with Crippen molar-refractivity contribution in [1.82, 2.24) is 9.97 Å². The standard InChI is InChI=1S/C5H3Cl3N2/c6-5(7,8)4-1-9-3-10-2-4/h1-3H. The van der Waals surface area contributed by atoms with Crippen LogP contribution in [0.5, 0.6) is 0 Å². The summed E-state index contributed by atoms with van der Waals surface area (Å²) in [4.78, 5) is 7.37. The Morgan fingerprint density at radius 3 is 1.90 bits per heavy atom. The molecular formula is C5H3Cl3N2. The summed E-state index contributed by atoms with van der Waals surface area (Å²) >= 11 is 16.5. The zero-order valence-electron chi connectivity index (χ0n) is 4.76. The summed E-state index contributed by atoms with van der Waals surface area (Å²) in [7, 11) is 0. The Morgan fingerprint density at radius 1 is 1.10 bits per heavy atom. The summed E-state index contributed by atoms with van der Waals surface area (Å²) in [6.45, 7) is 0. The molecule has 0 amide bonds. The van der Waals surface area contributed by atoms with E-state index < -0.39 is 3.79 Å². The first-order chi connectivity index (χ1) is 4.61. The SMILES string of the molecule is ClC(Cl)(Cl)c1cncnc1. The van der Waals surface area contributed by atoms with E-state index in [0.717, 1.165) is 0 Å². The van der Waals surface area contributed by atoms with Crippen molar-refractivity contribution in [2.24, 2.45) is 0 Å². The number of hydrogen-bond donors (Lipinski definition) is 0. The highest BCUT2D eigenvalue weighted by atomic mass is 35.6. The molecule has 0 bridgehead atoms. The summed E-state index contributed by atoms with van der Waals surface area (Å²) in [6.07, 6.45) is 4.29. The molecule has 1 rings (SSSR count). The minimum Gasteiger partial charge on any atom is -0.244 e. The van der Waals surface area contributed by atoms with Gasteiger partial charge in [-0.25, -0.2) is 9.97 Å². The first-order valence-corrected chi connectivity index (χ1v) is 3.56. The molecule has 0 unspecified atom stereocenters. The molecule has 0 aliphatic carbocycles. The maximum Gasteiger partial charge on any atom is 0.218 e. The molecule has 54 valence electrons.